The predicted octanol–water partition coefficient (Wildman–Crippen LogP) is 2.61. The summed E-state index contributed by atoms with van der Waals surface area (Å²) in [6, 6.07) is 9.26. The molecule has 0 bridgehead atoms. The van der Waals surface area contributed by atoms with Gasteiger partial charge in [-0.2, -0.15) is 0 Å². The molecule has 2 aromatic rings. The number of nitrogens with one attached hydrogen (secondary N) is 1. The van der Waals surface area contributed by atoms with Crippen molar-refractivity contribution in [3.8, 4) is 5.88 Å². The van der Waals surface area contributed by atoms with E-state index in [9.17, 15) is 4.79 Å². The Labute approximate surface area is 145 Å². The first-order valence-electron chi connectivity index (χ1n) is 8.46. The number of amides is 2. The van der Waals surface area contributed by atoms with Crippen molar-refractivity contribution in [2.45, 2.75) is 18.6 Å². The summed E-state index contributed by atoms with van der Waals surface area (Å²) in [6.07, 6.45) is 1.42. The summed E-state index contributed by atoms with van der Waals surface area (Å²) in [6.45, 7) is 2.53. The number of likely N-dealkylation sites (tertiary alicyclic amines) is 1. The second-order valence-electron chi connectivity index (χ2n) is 6.29. The maximum absolute atomic E-state index is 12.5. The molecule has 1 spiro atoms. The van der Waals surface area contributed by atoms with E-state index in [4.69, 9.17) is 14.2 Å². The van der Waals surface area contributed by atoms with Crippen LogP contribution in [0.2, 0.25) is 0 Å². The molecule has 0 saturated carbocycles. The molecule has 2 saturated heterocycles. The number of fused-ring (bicyclic) bond motifs is 1. The zero-order valence-electron chi connectivity index (χ0n) is 14.2. The highest BCUT2D eigenvalue weighted by molar-refractivity contribution is 5.92. The maximum Gasteiger partial charge on any atom is 0.321 e. The zero-order valence-corrected chi connectivity index (χ0v) is 14.2. The van der Waals surface area contributed by atoms with E-state index in [1.54, 1.807) is 18.1 Å². The topological polar surface area (TPSA) is 72.9 Å². The molecule has 7 nitrogen and oxygen atoms in total. The van der Waals surface area contributed by atoms with Gasteiger partial charge in [0, 0.05) is 43.1 Å². The predicted molar refractivity (Wildman–Crippen MR) is 92.8 cm³/mol. The Balaban J connectivity index is 1.41. The monoisotopic (exact) mass is 343 g/mol. The van der Waals surface area contributed by atoms with E-state index < -0.39 is 5.79 Å². The molecule has 1 aromatic carbocycles. The quantitative estimate of drug-likeness (QED) is 0.907. The van der Waals surface area contributed by atoms with Crippen LogP contribution in [0.25, 0.3) is 10.9 Å². The number of anilines is 1. The largest absolute Gasteiger partial charge is 0.481 e. The number of piperidine rings is 1. The standard InChI is InChI=1S/C18H21N3O4/c1-23-16-5-2-13-12-14(3-4-15(13)20-16)19-17(22)21-8-6-18(7-9-21)24-10-11-25-18/h2-5,12H,6-11H2,1H3,(H,19,22). The van der Waals surface area contributed by atoms with Gasteiger partial charge in [0.2, 0.25) is 5.88 Å². The molecular formula is C18H21N3O4. The summed E-state index contributed by atoms with van der Waals surface area (Å²) in [5.41, 5.74) is 1.57. The van der Waals surface area contributed by atoms with Crippen LogP contribution >= 0.6 is 0 Å². The molecular weight excluding hydrogens is 322 g/mol. The van der Waals surface area contributed by atoms with Crippen molar-refractivity contribution in [3.63, 3.8) is 0 Å². The van der Waals surface area contributed by atoms with Crippen molar-refractivity contribution >= 4 is 22.6 Å². The summed E-state index contributed by atoms with van der Waals surface area (Å²) in [7, 11) is 1.59. The van der Waals surface area contributed by atoms with Crippen molar-refractivity contribution < 1.29 is 19.0 Å². The minimum atomic E-state index is -0.468. The van der Waals surface area contributed by atoms with Crippen LogP contribution in [0.3, 0.4) is 0 Å². The van der Waals surface area contributed by atoms with E-state index >= 15 is 0 Å². The summed E-state index contributed by atoms with van der Waals surface area (Å²) in [5.74, 6) is 0.104. The van der Waals surface area contributed by atoms with Crippen LogP contribution in [-0.2, 0) is 9.47 Å². The third kappa shape index (κ3) is 3.25. The van der Waals surface area contributed by atoms with E-state index in [0.717, 1.165) is 16.6 Å². The van der Waals surface area contributed by atoms with Gasteiger partial charge in [0.1, 0.15) is 0 Å². The van der Waals surface area contributed by atoms with Crippen molar-refractivity contribution in [2.75, 3.05) is 38.7 Å². The first kappa shape index (κ1) is 16.1. The second kappa shape index (κ2) is 6.50. The Hall–Kier alpha value is -2.38. The molecule has 2 fully saturated rings. The number of rotatable bonds is 2. The smallest absolute Gasteiger partial charge is 0.321 e. The molecule has 0 unspecified atom stereocenters. The van der Waals surface area contributed by atoms with E-state index in [0.29, 0.717) is 45.0 Å². The van der Waals surface area contributed by atoms with Crippen molar-refractivity contribution in [2.24, 2.45) is 0 Å². The lowest BCUT2D eigenvalue weighted by Crippen LogP contribution is -2.48. The number of aromatic nitrogens is 1. The fourth-order valence-corrected chi connectivity index (χ4v) is 3.34. The Morgan fingerprint density at radius 1 is 1.20 bits per heavy atom. The minimum absolute atomic E-state index is 0.103. The lowest BCUT2D eigenvalue weighted by atomic mass is 10.0. The SMILES string of the molecule is COc1ccc2cc(NC(=O)N3CCC4(CC3)OCCO4)ccc2n1. The van der Waals surface area contributed by atoms with Gasteiger partial charge in [0.15, 0.2) is 5.79 Å². The first-order valence-corrected chi connectivity index (χ1v) is 8.46. The van der Waals surface area contributed by atoms with Gasteiger partial charge < -0.3 is 24.4 Å². The number of urea groups is 1. The number of carbonyl (C=O) groups excluding carboxylic acids is 1. The highest BCUT2D eigenvalue weighted by Crippen LogP contribution is 2.31. The molecule has 0 atom stereocenters. The summed E-state index contributed by atoms with van der Waals surface area (Å²) >= 11 is 0. The number of pyridine rings is 1. The van der Waals surface area contributed by atoms with Gasteiger partial charge in [-0.25, -0.2) is 9.78 Å². The average molecular weight is 343 g/mol. The number of nitrogens with zero attached hydrogens (tertiary/aromatic N) is 2. The van der Waals surface area contributed by atoms with Crippen LogP contribution in [0, 0.1) is 0 Å². The van der Waals surface area contributed by atoms with Gasteiger partial charge in [-0.15, -0.1) is 0 Å². The van der Waals surface area contributed by atoms with E-state index in [2.05, 4.69) is 10.3 Å². The van der Waals surface area contributed by atoms with Gasteiger partial charge in [0.05, 0.1) is 25.8 Å². The molecule has 0 radical (unpaired) electrons. The summed E-state index contributed by atoms with van der Waals surface area (Å²) in [5, 5.41) is 3.91. The van der Waals surface area contributed by atoms with E-state index in [1.165, 1.54) is 0 Å². The van der Waals surface area contributed by atoms with E-state index in [-0.39, 0.29) is 6.03 Å². The zero-order chi connectivity index (χ0) is 17.3. The van der Waals surface area contributed by atoms with Crippen LogP contribution < -0.4 is 10.1 Å². The van der Waals surface area contributed by atoms with Gasteiger partial charge in [-0.3, -0.25) is 0 Å². The van der Waals surface area contributed by atoms with Gasteiger partial charge in [-0.1, -0.05) is 0 Å². The number of methoxy groups -OCH3 is 1. The number of benzene rings is 1. The number of hydrogen-bond acceptors (Lipinski definition) is 5. The van der Waals surface area contributed by atoms with Gasteiger partial charge >= 0.3 is 6.03 Å². The molecule has 25 heavy (non-hydrogen) atoms. The van der Waals surface area contributed by atoms with Crippen LogP contribution in [0.15, 0.2) is 30.3 Å². The molecule has 3 heterocycles. The van der Waals surface area contributed by atoms with E-state index in [1.807, 2.05) is 24.3 Å². The molecule has 2 amide bonds. The van der Waals surface area contributed by atoms with Crippen molar-refractivity contribution in [3.05, 3.63) is 30.3 Å². The van der Waals surface area contributed by atoms with Gasteiger partial charge in [0.25, 0.3) is 0 Å². The molecule has 2 aliphatic heterocycles. The molecule has 7 heteroatoms. The van der Waals surface area contributed by atoms with Crippen LogP contribution in [0.1, 0.15) is 12.8 Å². The van der Waals surface area contributed by atoms with Crippen LogP contribution in [0.4, 0.5) is 10.5 Å². The summed E-state index contributed by atoms with van der Waals surface area (Å²) < 4.78 is 16.5. The van der Waals surface area contributed by atoms with Crippen LogP contribution in [0.5, 0.6) is 5.88 Å². The lowest BCUT2D eigenvalue weighted by molar-refractivity contribution is -0.181. The molecule has 1 aromatic heterocycles. The highest BCUT2D eigenvalue weighted by Gasteiger charge is 2.40. The molecule has 1 N–H and O–H groups in total. The molecule has 2 aliphatic rings. The third-order valence-electron chi connectivity index (χ3n) is 4.75. The van der Waals surface area contributed by atoms with Crippen LogP contribution in [-0.4, -0.2) is 55.1 Å². The molecule has 4 rings (SSSR count). The highest BCUT2D eigenvalue weighted by atomic mass is 16.7. The van der Waals surface area contributed by atoms with Crippen molar-refractivity contribution in [1.82, 2.24) is 9.88 Å². The fraction of sp³-hybridized carbons (Fsp3) is 0.444. The Kier molecular flexibility index (Phi) is 4.19. The molecule has 0 aliphatic carbocycles. The Morgan fingerprint density at radius 2 is 1.96 bits per heavy atom. The van der Waals surface area contributed by atoms with Crippen molar-refractivity contribution in [1.29, 1.82) is 0 Å². The molecule has 132 valence electrons. The third-order valence-corrected chi connectivity index (χ3v) is 4.75. The number of ether oxygens (including phenoxy) is 3. The lowest BCUT2D eigenvalue weighted by Gasteiger charge is -2.37. The first-order chi connectivity index (χ1) is 12.2. The number of carbonyl (C=O) groups is 1. The summed E-state index contributed by atoms with van der Waals surface area (Å²) in [4.78, 5) is 18.7. The Morgan fingerprint density at radius 3 is 2.68 bits per heavy atom. The second-order valence-corrected chi connectivity index (χ2v) is 6.29. The van der Waals surface area contributed by atoms with Gasteiger partial charge in [-0.05, 0) is 24.3 Å². The maximum atomic E-state index is 12.5. The normalized spacial score (nSPS) is 19.3. The fourth-order valence-electron chi connectivity index (χ4n) is 3.34. The Bertz CT molecular complexity index is 779. The number of hydrogen-bond donors (Lipinski definition) is 1. The minimum Gasteiger partial charge on any atom is -0.481 e. The average Bonchev–Trinajstić information content (AvgIpc) is 3.09.